The van der Waals surface area contributed by atoms with Gasteiger partial charge in [-0.3, -0.25) is 9.69 Å². The first kappa shape index (κ1) is 16.9. The van der Waals surface area contributed by atoms with Crippen molar-refractivity contribution >= 4 is 23.2 Å². The molecule has 122 valence electrons. The number of ether oxygens (including phenoxy) is 2. The molecule has 1 atom stereocenters. The number of nitrogens with one attached hydrogen (secondary N) is 1. The Labute approximate surface area is 136 Å². The maximum atomic E-state index is 12.3. The van der Waals surface area contributed by atoms with Gasteiger partial charge < -0.3 is 14.8 Å². The van der Waals surface area contributed by atoms with Crippen molar-refractivity contribution in [2.45, 2.75) is 19.8 Å². The molecule has 0 radical (unpaired) electrons. The van der Waals surface area contributed by atoms with Crippen molar-refractivity contribution in [3.8, 4) is 11.5 Å². The third-order valence-corrected chi connectivity index (χ3v) is 4.15. The minimum absolute atomic E-state index is 0.0585. The number of benzene rings is 1. The molecule has 1 saturated heterocycles. The molecule has 1 aliphatic heterocycles. The second-order valence-electron chi connectivity index (χ2n) is 5.72. The Balaban J connectivity index is 2.04. The number of carbonyl (C=O) groups is 1. The van der Waals surface area contributed by atoms with Crippen molar-refractivity contribution in [2.24, 2.45) is 5.92 Å². The van der Waals surface area contributed by atoms with Crippen LogP contribution in [0.15, 0.2) is 12.1 Å². The maximum absolute atomic E-state index is 12.3. The molecule has 1 fully saturated rings. The van der Waals surface area contributed by atoms with Gasteiger partial charge in [0.1, 0.15) is 11.5 Å². The molecule has 1 heterocycles. The summed E-state index contributed by atoms with van der Waals surface area (Å²) < 4.78 is 10.4. The summed E-state index contributed by atoms with van der Waals surface area (Å²) in [4.78, 5) is 14.4. The number of methoxy groups -OCH3 is 2. The van der Waals surface area contributed by atoms with Crippen molar-refractivity contribution in [1.29, 1.82) is 0 Å². The van der Waals surface area contributed by atoms with E-state index in [9.17, 15) is 4.79 Å². The number of likely N-dealkylation sites (tertiary alicyclic amines) is 1. The van der Waals surface area contributed by atoms with Gasteiger partial charge in [0.25, 0.3) is 0 Å². The van der Waals surface area contributed by atoms with E-state index in [2.05, 4.69) is 17.1 Å². The topological polar surface area (TPSA) is 50.8 Å². The fourth-order valence-corrected chi connectivity index (χ4v) is 3.01. The van der Waals surface area contributed by atoms with E-state index in [0.717, 1.165) is 19.5 Å². The maximum Gasteiger partial charge on any atom is 0.238 e. The molecule has 0 aliphatic carbocycles. The van der Waals surface area contributed by atoms with Crippen molar-refractivity contribution in [1.82, 2.24) is 4.90 Å². The van der Waals surface area contributed by atoms with Crippen molar-refractivity contribution in [2.75, 3.05) is 39.2 Å². The van der Waals surface area contributed by atoms with Crippen LogP contribution in [-0.4, -0.2) is 44.7 Å². The molecule has 0 spiro atoms. The molecule has 1 aromatic carbocycles. The molecule has 1 aliphatic rings. The minimum atomic E-state index is -0.0585. The average Bonchev–Trinajstić information content (AvgIpc) is 2.48. The molecule has 1 amide bonds. The highest BCUT2D eigenvalue weighted by molar-refractivity contribution is 6.32. The lowest BCUT2D eigenvalue weighted by Crippen LogP contribution is -2.39. The van der Waals surface area contributed by atoms with Gasteiger partial charge in [0.15, 0.2) is 0 Å². The van der Waals surface area contributed by atoms with E-state index in [1.807, 2.05) is 0 Å². The van der Waals surface area contributed by atoms with Crippen LogP contribution in [-0.2, 0) is 4.79 Å². The monoisotopic (exact) mass is 326 g/mol. The van der Waals surface area contributed by atoms with Crippen molar-refractivity contribution in [3.63, 3.8) is 0 Å². The van der Waals surface area contributed by atoms with Crippen LogP contribution in [0.2, 0.25) is 5.02 Å². The van der Waals surface area contributed by atoms with Gasteiger partial charge in [-0.05, 0) is 25.3 Å². The standard InChI is InChI=1S/C16H23ClN2O3/c1-11-5-4-6-19(9-11)10-16(20)18-13-8-14(21-2)12(17)7-15(13)22-3/h7-8,11H,4-6,9-10H2,1-3H3,(H,18,20). The zero-order chi connectivity index (χ0) is 16.1. The van der Waals surface area contributed by atoms with Crippen LogP contribution in [0.5, 0.6) is 11.5 Å². The van der Waals surface area contributed by atoms with Crippen molar-refractivity contribution in [3.05, 3.63) is 17.2 Å². The van der Waals surface area contributed by atoms with Gasteiger partial charge >= 0.3 is 0 Å². The lowest BCUT2D eigenvalue weighted by atomic mass is 10.0. The molecule has 6 heteroatoms. The average molecular weight is 327 g/mol. The van der Waals surface area contributed by atoms with Gasteiger partial charge in [0, 0.05) is 18.7 Å². The minimum Gasteiger partial charge on any atom is -0.495 e. The first-order chi connectivity index (χ1) is 10.5. The van der Waals surface area contributed by atoms with Gasteiger partial charge in [-0.15, -0.1) is 0 Å². The highest BCUT2D eigenvalue weighted by Crippen LogP contribution is 2.35. The number of anilines is 1. The molecular formula is C16H23ClN2O3. The second-order valence-corrected chi connectivity index (χ2v) is 6.12. The Hall–Kier alpha value is -1.46. The van der Waals surface area contributed by atoms with E-state index in [0.29, 0.717) is 34.7 Å². The Morgan fingerprint density at radius 3 is 2.73 bits per heavy atom. The number of piperidine rings is 1. The third-order valence-electron chi connectivity index (χ3n) is 3.86. The Morgan fingerprint density at radius 2 is 2.09 bits per heavy atom. The molecule has 0 bridgehead atoms. The van der Waals surface area contributed by atoms with Crippen LogP contribution in [0.4, 0.5) is 5.69 Å². The molecular weight excluding hydrogens is 304 g/mol. The Bertz CT molecular complexity index is 536. The molecule has 0 aromatic heterocycles. The van der Waals surface area contributed by atoms with Crippen LogP contribution < -0.4 is 14.8 Å². The molecule has 1 N–H and O–H groups in total. The number of rotatable bonds is 5. The molecule has 2 rings (SSSR count). The predicted molar refractivity (Wildman–Crippen MR) is 88.0 cm³/mol. The normalized spacial score (nSPS) is 18.8. The summed E-state index contributed by atoms with van der Waals surface area (Å²) in [5.74, 6) is 1.61. The summed E-state index contributed by atoms with van der Waals surface area (Å²) >= 11 is 6.06. The van der Waals surface area contributed by atoms with E-state index in [-0.39, 0.29) is 5.91 Å². The number of halogens is 1. The number of carbonyl (C=O) groups excluding carboxylic acids is 1. The summed E-state index contributed by atoms with van der Waals surface area (Å²) in [6.07, 6.45) is 2.38. The van der Waals surface area contributed by atoms with Gasteiger partial charge in [0.05, 0.1) is 31.5 Å². The summed E-state index contributed by atoms with van der Waals surface area (Å²) in [6.45, 7) is 4.54. The molecule has 0 saturated carbocycles. The van der Waals surface area contributed by atoms with Gasteiger partial charge in [0.2, 0.25) is 5.91 Å². The van der Waals surface area contributed by atoms with E-state index in [4.69, 9.17) is 21.1 Å². The van der Waals surface area contributed by atoms with Crippen molar-refractivity contribution < 1.29 is 14.3 Å². The summed E-state index contributed by atoms with van der Waals surface area (Å²) in [7, 11) is 3.08. The number of nitrogens with zero attached hydrogens (tertiary/aromatic N) is 1. The summed E-state index contributed by atoms with van der Waals surface area (Å²) in [5, 5.41) is 3.33. The SMILES string of the molecule is COc1cc(NC(=O)CN2CCCC(C)C2)c(OC)cc1Cl. The van der Waals surface area contributed by atoms with Crippen LogP contribution in [0.25, 0.3) is 0 Å². The fourth-order valence-electron chi connectivity index (χ4n) is 2.78. The van der Waals surface area contributed by atoms with E-state index < -0.39 is 0 Å². The van der Waals surface area contributed by atoms with Crippen LogP contribution in [0.3, 0.4) is 0 Å². The van der Waals surface area contributed by atoms with Gasteiger partial charge in [-0.25, -0.2) is 0 Å². The quantitative estimate of drug-likeness (QED) is 0.903. The van der Waals surface area contributed by atoms with Gasteiger partial charge in [-0.1, -0.05) is 18.5 Å². The molecule has 1 unspecified atom stereocenters. The summed E-state index contributed by atoms with van der Waals surface area (Å²) in [6, 6.07) is 3.32. The Morgan fingerprint density at radius 1 is 1.36 bits per heavy atom. The largest absolute Gasteiger partial charge is 0.495 e. The highest BCUT2D eigenvalue weighted by atomic mass is 35.5. The molecule has 5 nitrogen and oxygen atoms in total. The smallest absolute Gasteiger partial charge is 0.238 e. The first-order valence-corrected chi connectivity index (χ1v) is 7.85. The van der Waals surface area contributed by atoms with E-state index in [1.54, 1.807) is 19.2 Å². The summed E-state index contributed by atoms with van der Waals surface area (Å²) in [5.41, 5.74) is 0.568. The first-order valence-electron chi connectivity index (χ1n) is 7.47. The number of hydrogen-bond donors (Lipinski definition) is 1. The zero-order valence-electron chi connectivity index (χ0n) is 13.3. The zero-order valence-corrected chi connectivity index (χ0v) is 14.1. The Kier molecular flexibility index (Phi) is 5.91. The molecule has 22 heavy (non-hydrogen) atoms. The lowest BCUT2D eigenvalue weighted by molar-refractivity contribution is -0.117. The third kappa shape index (κ3) is 4.27. The second kappa shape index (κ2) is 7.70. The van der Waals surface area contributed by atoms with E-state index in [1.165, 1.54) is 13.5 Å². The number of amides is 1. The molecule has 1 aromatic rings. The lowest BCUT2D eigenvalue weighted by Gasteiger charge is -2.30. The highest BCUT2D eigenvalue weighted by Gasteiger charge is 2.19. The van der Waals surface area contributed by atoms with Crippen LogP contribution in [0.1, 0.15) is 19.8 Å². The van der Waals surface area contributed by atoms with Crippen LogP contribution >= 0.6 is 11.6 Å². The van der Waals surface area contributed by atoms with Crippen LogP contribution in [0, 0.1) is 5.92 Å². The van der Waals surface area contributed by atoms with E-state index >= 15 is 0 Å². The predicted octanol–water partition coefficient (Wildman–Crippen LogP) is 3.03. The van der Waals surface area contributed by atoms with Gasteiger partial charge in [-0.2, -0.15) is 0 Å². The number of hydrogen-bond acceptors (Lipinski definition) is 4. The fraction of sp³-hybridized carbons (Fsp3) is 0.562.